The van der Waals surface area contributed by atoms with Crippen LogP contribution in [0.2, 0.25) is 0 Å². The molecule has 4 saturated heterocycles. The molecule has 4 heterocycles. The molecule has 4 fully saturated rings. The van der Waals surface area contributed by atoms with E-state index in [1.165, 1.54) is 19.3 Å². The Morgan fingerprint density at radius 1 is 0.949 bits per heavy atom. The predicted octanol–water partition coefficient (Wildman–Crippen LogP) is 5.24. The number of ether oxygens (including phenoxy) is 1. The van der Waals surface area contributed by atoms with Gasteiger partial charge in [-0.2, -0.15) is 0 Å². The van der Waals surface area contributed by atoms with Crippen molar-refractivity contribution in [3.63, 3.8) is 0 Å². The van der Waals surface area contributed by atoms with Crippen LogP contribution in [0.5, 0.6) is 0 Å². The summed E-state index contributed by atoms with van der Waals surface area (Å²) in [6.07, 6.45) is 11.0. The highest BCUT2D eigenvalue weighted by Crippen LogP contribution is 2.41. The third kappa shape index (κ3) is 6.14. The van der Waals surface area contributed by atoms with E-state index in [1.54, 1.807) is 0 Å². The second-order valence-electron chi connectivity index (χ2n) is 12.5. The summed E-state index contributed by atoms with van der Waals surface area (Å²) in [6.45, 7) is 14.0. The van der Waals surface area contributed by atoms with Crippen molar-refractivity contribution in [2.24, 2.45) is 0 Å². The first-order chi connectivity index (χ1) is 18.9. The zero-order chi connectivity index (χ0) is 27.4. The van der Waals surface area contributed by atoms with Gasteiger partial charge in [-0.3, -0.25) is 14.6 Å². The molecular formula is C32H50N4O3. The van der Waals surface area contributed by atoms with Crippen LogP contribution in [0.25, 0.3) is 0 Å². The molecule has 0 aromatic heterocycles. The molecule has 0 bridgehead atoms. The standard InChI is InChI=1S/C32H50N4O3/c1-4-5-12-28-32(39-31(38)36(28)24-23-33-17-7-6-8-18-33)15-21-34(22-16-32)27-13-19-35(20-14-27)30(37)29-25(2)10-9-11-26(29)3/h9-11,27-28H,4-8,12-24H2,1-3H3. The van der Waals surface area contributed by atoms with Crippen molar-refractivity contribution in [2.45, 2.75) is 103 Å². The number of benzene rings is 1. The van der Waals surface area contributed by atoms with E-state index in [4.69, 9.17) is 4.74 Å². The first kappa shape index (κ1) is 28.4. The predicted molar refractivity (Wildman–Crippen MR) is 155 cm³/mol. The van der Waals surface area contributed by atoms with Crippen LogP contribution in [0.4, 0.5) is 4.79 Å². The molecule has 0 aliphatic carbocycles. The smallest absolute Gasteiger partial charge is 0.410 e. The number of carbonyl (C=O) groups excluding carboxylic acids is 2. The molecule has 1 aromatic carbocycles. The Balaban J connectivity index is 1.16. The fraction of sp³-hybridized carbons (Fsp3) is 0.750. The quantitative estimate of drug-likeness (QED) is 0.453. The highest BCUT2D eigenvalue weighted by atomic mass is 16.6. The molecule has 2 amide bonds. The van der Waals surface area contributed by atoms with Crippen molar-refractivity contribution in [3.8, 4) is 0 Å². The van der Waals surface area contributed by atoms with Gasteiger partial charge >= 0.3 is 6.09 Å². The van der Waals surface area contributed by atoms with Crippen molar-refractivity contribution in [3.05, 3.63) is 34.9 Å². The van der Waals surface area contributed by atoms with Crippen molar-refractivity contribution >= 4 is 12.0 Å². The van der Waals surface area contributed by atoms with Gasteiger partial charge in [-0.05, 0) is 70.2 Å². The first-order valence-electron chi connectivity index (χ1n) is 15.7. The lowest BCUT2D eigenvalue weighted by Crippen LogP contribution is -2.56. The minimum atomic E-state index is -0.330. The molecule has 0 saturated carbocycles. The van der Waals surface area contributed by atoms with Crippen LogP contribution in [0.15, 0.2) is 18.2 Å². The number of rotatable bonds is 8. The van der Waals surface area contributed by atoms with E-state index < -0.39 is 0 Å². The van der Waals surface area contributed by atoms with E-state index in [1.807, 2.05) is 32.0 Å². The van der Waals surface area contributed by atoms with Crippen molar-refractivity contribution in [1.82, 2.24) is 19.6 Å². The van der Waals surface area contributed by atoms with Crippen LogP contribution < -0.4 is 0 Å². The molecule has 1 atom stereocenters. The highest BCUT2D eigenvalue weighted by molar-refractivity contribution is 5.97. The monoisotopic (exact) mass is 538 g/mol. The maximum Gasteiger partial charge on any atom is 0.410 e. The van der Waals surface area contributed by atoms with Gasteiger partial charge in [0.1, 0.15) is 5.60 Å². The Bertz CT molecular complexity index is 971. The van der Waals surface area contributed by atoms with Gasteiger partial charge in [-0.25, -0.2) is 4.79 Å². The molecular weight excluding hydrogens is 488 g/mol. The molecule has 0 N–H and O–H groups in total. The average molecular weight is 539 g/mol. The van der Waals surface area contributed by atoms with Crippen molar-refractivity contribution in [1.29, 1.82) is 0 Å². The number of carbonyl (C=O) groups is 2. The Hall–Kier alpha value is -2.12. The minimum Gasteiger partial charge on any atom is -0.440 e. The molecule has 1 unspecified atom stereocenters. The van der Waals surface area contributed by atoms with Gasteiger partial charge in [-0.1, -0.05) is 44.4 Å². The average Bonchev–Trinajstić information content (AvgIpc) is 3.20. The van der Waals surface area contributed by atoms with E-state index >= 15 is 0 Å². The lowest BCUT2D eigenvalue weighted by Gasteiger charge is -2.46. The molecule has 4 aliphatic rings. The number of nitrogens with zero attached hydrogens (tertiary/aromatic N) is 4. The van der Waals surface area contributed by atoms with Gasteiger partial charge in [0, 0.05) is 63.7 Å². The van der Waals surface area contributed by atoms with E-state index in [-0.39, 0.29) is 23.6 Å². The van der Waals surface area contributed by atoms with Gasteiger partial charge in [-0.15, -0.1) is 0 Å². The van der Waals surface area contributed by atoms with Crippen LogP contribution in [-0.2, 0) is 4.74 Å². The number of piperidine rings is 3. The third-order valence-electron chi connectivity index (χ3n) is 10.1. The van der Waals surface area contributed by atoms with Crippen LogP contribution in [-0.4, -0.2) is 102 Å². The van der Waals surface area contributed by atoms with Crippen LogP contribution in [0.3, 0.4) is 0 Å². The Labute approximate surface area is 235 Å². The maximum atomic E-state index is 13.3. The lowest BCUT2D eigenvalue weighted by molar-refractivity contribution is -0.0383. The Kier molecular flexibility index (Phi) is 9.17. The number of hydrogen-bond acceptors (Lipinski definition) is 5. The summed E-state index contributed by atoms with van der Waals surface area (Å²) in [5.74, 6) is 0.183. The van der Waals surface area contributed by atoms with Gasteiger partial charge in [0.25, 0.3) is 5.91 Å². The van der Waals surface area contributed by atoms with E-state index in [0.29, 0.717) is 6.04 Å². The molecule has 39 heavy (non-hydrogen) atoms. The topological polar surface area (TPSA) is 56.3 Å². The first-order valence-corrected chi connectivity index (χ1v) is 15.7. The molecule has 216 valence electrons. The fourth-order valence-corrected chi connectivity index (χ4v) is 7.65. The van der Waals surface area contributed by atoms with Gasteiger partial charge in [0.2, 0.25) is 0 Å². The maximum absolute atomic E-state index is 13.3. The zero-order valence-corrected chi connectivity index (χ0v) is 24.6. The molecule has 7 heteroatoms. The summed E-state index contributed by atoms with van der Waals surface area (Å²) < 4.78 is 6.30. The summed E-state index contributed by atoms with van der Waals surface area (Å²) >= 11 is 0. The number of unbranched alkanes of at least 4 members (excludes halogenated alkanes) is 1. The second-order valence-corrected chi connectivity index (χ2v) is 12.5. The number of hydrogen-bond donors (Lipinski definition) is 0. The molecule has 1 spiro atoms. The zero-order valence-electron chi connectivity index (χ0n) is 24.6. The molecule has 7 nitrogen and oxygen atoms in total. The van der Waals surface area contributed by atoms with Crippen molar-refractivity contribution < 1.29 is 14.3 Å². The minimum absolute atomic E-state index is 0.0834. The van der Waals surface area contributed by atoms with E-state index in [2.05, 4.69) is 26.5 Å². The van der Waals surface area contributed by atoms with Crippen molar-refractivity contribution in [2.75, 3.05) is 52.4 Å². The van der Waals surface area contributed by atoms with Crippen LogP contribution >= 0.6 is 0 Å². The van der Waals surface area contributed by atoms with Gasteiger partial charge in [0.15, 0.2) is 0 Å². The summed E-state index contributed by atoms with van der Waals surface area (Å²) in [5, 5.41) is 0. The second kappa shape index (κ2) is 12.6. The molecule has 5 rings (SSSR count). The molecule has 1 aromatic rings. The fourth-order valence-electron chi connectivity index (χ4n) is 7.65. The molecule has 4 aliphatic heterocycles. The number of likely N-dealkylation sites (tertiary alicyclic amines) is 3. The normalized spacial score (nSPS) is 24.9. The summed E-state index contributed by atoms with van der Waals surface area (Å²) in [7, 11) is 0. The van der Waals surface area contributed by atoms with Crippen LogP contribution in [0.1, 0.15) is 92.6 Å². The Morgan fingerprint density at radius 2 is 1.62 bits per heavy atom. The Morgan fingerprint density at radius 3 is 2.26 bits per heavy atom. The van der Waals surface area contributed by atoms with Gasteiger partial charge in [0.05, 0.1) is 6.04 Å². The SMILES string of the molecule is CCCCC1N(CCN2CCCCC2)C(=O)OC12CCN(C1CCN(C(=O)c3c(C)cccc3C)CC1)CC2. The molecule has 0 radical (unpaired) electrons. The third-order valence-corrected chi connectivity index (χ3v) is 10.1. The van der Waals surface area contributed by atoms with E-state index in [9.17, 15) is 9.59 Å². The van der Waals surface area contributed by atoms with Gasteiger partial charge < -0.3 is 14.5 Å². The summed E-state index contributed by atoms with van der Waals surface area (Å²) in [5.41, 5.74) is 2.68. The van der Waals surface area contributed by atoms with E-state index in [0.717, 1.165) is 114 Å². The largest absolute Gasteiger partial charge is 0.440 e. The summed E-state index contributed by atoms with van der Waals surface area (Å²) in [4.78, 5) is 35.8. The van der Waals surface area contributed by atoms with Crippen LogP contribution in [0, 0.1) is 13.8 Å². The lowest BCUT2D eigenvalue weighted by atomic mass is 9.81. The summed E-state index contributed by atoms with van der Waals surface area (Å²) in [6, 6.07) is 6.81. The number of amides is 2. The highest BCUT2D eigenvalue weighted by Gasteiger charge is 2.54. The number of aryl methyl sites for hydroxylation is 2.